The molecule has 0 radical (unpaired) electrons. The van der Waals surface area contributed by atoms with Crippen LogP contribution in [0.2, 0.25) is 0 Å². The third-order valence-electron chi connectivity index (χ3n) is 1.55. The summed E-state index contributed by atoms with van der Waals surface area (Å²) in [6, 6.07) is 0. The molecule has 0 spiro atoms. The summed E-state index contributed by atoms with van der Waals surface area (Å²) in [7, 11) is 0. The zero-order valence-corrected chi connectivity index (χ0v) is 7.10. The lowest BCUT2D eigenvalue weighted by atomic mass is 10.2. The van der Waals surface area contributed by atoms with Gasteiger partial charge in [-0.05, 0) is 12.2 Å². The molecule has 0 aliphatic carbocycles. The average molecular weight is 172 g/mol. The Labute approximate surface area is 71.7 Å². The number of nitrogens with zero attached hydrogens (tertiary/aromatic N) is 1. The summed E-state index contributed by atoms with van der Waals surface area (Å²) >= 11 is 5.00. The molecule has 1 rings (SSSR count). The first-order chi connectivity index (χ1) is 5.24. The quantitative estimate of drug-likeness (QED) is 0.444. The van der Waals surface area contributed by atoms with Crippen molar-refractivity contribution in [2.75, 3.05) is 19.6 Å². The van der Waals surface area contributed by atoms with Crippen LogP contribution >= 0.6 is 12.2 Å². The molecular formula is C7H12N2OS. The summed E-state index contributed by atoms with van der Waals surface area (Å²) in [6.07, 6.45) is 1.56. The molecule has 3 nitrogen and oxygen atoms in total. The van der Waals surface area contributed by atoms with Crippen molar-refractivity contribution < 1.29 is 5.11 Å². The smallest absolute Gasteiger partial charge is 0.169 e. The molecule has 1 fully saturated rings. The third kappa shape index (κ3) is 2.17. The fraction of sp³-hybridized carbons (Fsp3) is 0.571. The highest BCUT2D eigenvalue weighted by molar-refractivity contribution is 7.80. The van der Waals surface area contributed by atoms with E-state index in [1.807, 2.05) is 4.90 Å². The number of aliphatic hydroxyl groups excluding tert-OH is 1. The van der Waals surface area contributed by atoms with Crippen LogP contribution in [0.15, 0.2) is 12.7 Å². The molecule has 0 aromatic carbocycles. The number of aliphatic hydroxyl groups is 1. The molecule has 0 saturated carbocycles. The van der Waals surface area contributed by atoms with Crippen LogP contribution in [0.5, 0.6) is 0 Å². The third-order valence-corrected chi connectivity index (χ3v) is 1.95. The summed E-state index contributed by atoms with van der Waals surface area (Å²) in [5.41, 5.74) is 0. The monoisotopic (exact) mass is 172 g/mol. The number of rotatable bonds is 2. The van der Waals surface area contributed by atoms with Crippen molar-refractivity contribution >= 4 is 17.3 Å². The average Bonchev–Trinajstić information content (AvgIpc) is 1.94. The Hall–Kier alpha value is -0.610. The van der Waals surface area contributed by atoms with Gasteiger partial charge in [-0.25, -0.2) is 0 Å². The Balaban J connectivity index is 2.16. The van der Waals surface area contributed by atoms with Crippen LogP contribution in [0.4, 0.5) is 0 Å². The maximum absolute atomic E-state index is 8.94. The molecule has 0 bridgehead atoms. The van der Waals surface area contributed by atoms with Gasteiger partial charge < -0.3 is 15.3 Å². The van der Waals surface area contributed by atoms with E-state index in [-0.39, 0.29) is 6.10 Å². The molecule has 0 atom stereocenters. The van der Waals surface area contributed by atoms with E-state index >= 15 is 0 Å². The lowest BCUT2D eigenvalue weighted by Gasteiger charge is -2.37. The van der Waals surface area contributed by atoms with Crippen LogP contribution < -0.4 is 5.32 Å². The summed E-state index contributed by atoms with van der Waals surface area (Å²) in [5, 5.41) is 12.6. The maximum Gasteiger partial charge on any atom is 0.169 e. The van der Waals surface area contributed by atoms with E-state index in [1.54, 1.807) is 6.08 Å². The van der Waals surface area contributed by atoms with Crippen molar-refractivity contribution in [1.29, 1.82) is 0 Å². The molecule has 1 saturated heterocycles. The topological polar surface area (TPSA) is 35.5 Å². The van der Waals surface area contributed by atoms with E-state index in [0.717, 1.165) is 0 Å². The van der Waals surface area contributed by atoms with Crippen LogP contribution in [0.25, 0.3) is 0 Å². The van der Waals surface area contributed by atoms with E-state index < -0.39 is 0 Å². The molecule has 0 aromatic rings. The van der Waals surface area contributed by atoms with Gasteiger partial charge in [0.15, 0.2) is 5.11 Å². The lowest BCUT2D eigenvalue weighted by Crippen LogP contribution is -2.56. The molecule has 4 heteroatoms. The minimum Gasteiger partial charge on any atom is -0.389 e. The highest BCUT2D eigenvalue weighted by Crippen LogP contribution is 2.06. The molecule has 2 N–H and O–H groups in total. The highest BCUT2D eigenvalue weighted by Gasteiger charge is 2.25. The zero-order chi connectivity index (χ0) is 8.27. The van der Waals surface area contributed by atoms with Crippen molar-refractivity contribution in [2.24, 2.45) is 0 Å². The van der Waals surface area contributed by atoms with Gasteiger partial charge in [0, 0.05) is 19.6 Å². The second-order valence-electron chi connectivity index (χ2n) is 2.53. The molecule has 11 heavy (non-hydrogen) atoms. The minimum atomic E-state index is -0.196. The van der Waals surface area contributed by atoms with Gasteiger partial charge >= 0.3 is 0 Å². The fourth-order valence-electron chi connectivity index (χ4n) is 0.892. The normalized spacial score (nSPS) is 17.4. The minimum absolute atomic E-state index is 0.196. The van der Waals surface area contributed by atoms with Crippen LogP contribution in [-0.4, -0.2) is 40.9 Å². The maximum atomic E-state index is 8.94. The molecular weight excluding hydrogens is 160 g/mol. The first-order valence-electron chi connectivity index (χ1n) is 3.55. The van der Waals surface area contributed by atoms with E-state index in [0.29, 0.717) is 24.7 Å². The molecule has 1 heterocycles. The SMILES string of the molecule is C=CCNC(=S)N1CC(O)C1. The van der Waals surface area contributed by atoms with Gasteiger partial charge in [-0.1, -0.05) is 6.08 Å². The number of hydrogen-bond donors (Lipinski definition) is 2. The van der Waals surface area contributed by atoms with Gasteiger partial charge in [0.25, 0.3) is 0 Å². The first kappa shape index (κ1) is 8.49. The molecule has 0 unspecified atom stereocenters. The van der Waals surface area contributed by atoms with E-state index in [2.05, 4.69) is 11.9 Å². The number of hydrogen-bond acceptors (Lipinski definition) is 2. The predicted octanol–water partition coefficient (Wildman–Crippen LogP) is -0.277. The second kappa shape index (κ2) is 3.69. The number of likely N-dealkylation sites (tertiary alicyclic amines) is 1. The Morgan fingerprint density at radius 1 is 1.82 bits per heavy atom. The summed E-state index contributed by atoms with van der Waals surface area (Å²) < 4.78 is 0. The van der Waals surface area contributed by atoms with Crippen molar-refractivity contribution in [1.82, 2.24) is 10.2 Å². The Kier molecular flexibility index (Phi) is 2.84. The van der Waals surface area contributed by atoms with Crippen molar-refractivity contribution in [3.63, 3.8) is 0 Å². The Morgan fingerprint density at radius 3 is 2.91 bits per heavy atom. The van der Waals surface area contributed by atoms with Crippen molar-refractivity contribution in [2.45, 2.75) is 6.10 Å². The Morgan fingerprint density at radius 2 is 2.45 bits per heavy atom. The summed E-state index contributed by atoms with van der Waals surface area (Å²) in [6.45, 7) is 5.56. The van der Waals surface area contributed by atoms with E-state index in [1.165, 1.54) is 0 Å². The molecule has 0 aromatic heterocycles. The number of nitrogens with one attached hydrogen (secondary N) is 1. The highest BCUT2D eigenvalue weighted by atomic mass is 32.1. The number of β-amino-alcohol motifs (C(OH)–C–C–N with tert-alkyl or cyclic N) is 1. The van der Waals surface area contributed by atoms with E-state index in [9.17, 15) is 0 Å². The Bertz CT molecular complexity index is 166. The van der Waals surface area contributed by atoms with Gasteiger partial charge in [0.2, 0.25) is 0 Å². The molecule has 62 valence electrons. The molecule has 1 aliphatic heterocycles. The largest absolute Gasteiger partial charge is 0.389 e. The standard InChI is InChI=1S/C7H12N2OS/c1-2-3-8-7(11)9-4-6(10)5-9/h2,6,10H,1,3-5H2,(H,8,11). The zero-order valence-electron chi connectivity index (χ0n) is 6.29. The number of thiocarbonyl (C=S) groups is 1. The van der Waals surface area contributed by atoms with Crippen LogP contribution in [0.1, 0.15) is 0 Å². The van der Waals surface area contributed by atoms with Gasteiger partial charge in [0.1, 0.15) is 0 Å². The van der Waals surface area contributed by atoms with Crippen LogP contribution in [0.3, 0.4) is 0 Å². The van der Waals surface area contributed by atoms with Gasteiger partial charge in [0.05, 0.1) is 6.10 Å². The van der Waals surface area contributed by atoms with E-state index in [4.69, 9.17) is 17.3 Å². The molecule has 0 amide bonds. The van der Waals surface area contributed by atoms with Crippen molar-refractivity contribution in [3.8, 4) is 0 Å². The van der Waals surface area contributed by atoms with Crippen LogP contribution in [-0.2, 0) is 0 Å². The lowest BCUT2D eigenvalue weighted by molar-refractivity contribution is 0.0463. The second-order valence-corrected chi connectivity index (χ2v) is 2.92. The van der Waals surface area contributed by atoms with Gasteiger partial charge in [-0.2, -0.15) is 0 Å². The van der Waals surface area contributed by atoms with Gasteiger partial charge in [-0.3, -0.25) is 0 Å². The van der Waals surface area contributed by atoms with Crippen molar-refractivity contribution in [3.05, 3.63) is 12.7 Å². The summed E-state index contributed by atoms with van der Waals surface area (Å²) in [4.78, 5) is 1.92. The fourth-order valence-corrected chi connectivity index (χ4v) is 1.12. The first-order valence-corrected chi connectivity index (χ1v) is 3.96. The summed E-state index contributed by atoms with van der Waals surface area (Å²) in [5.74, 6) is 0. The molecule has 1 aliphatic rings. The predicted molar refractivity (Wildman–Crippen MR) is 48.4 cm³/mol. The van der Waals surface area contributed by atoms with Gasteiger partial charge in [-0.15, -0.1) is 6.58 Å². The van der Waals surface area contributed by atoms with Crippen LogP contribution in [0, 0.1) is 0 Å².